The van der Waals surface area contributed by atoms with Crippen molar-refractivity contribution in [2.75, 3.05) is 7.05 Å². The molecule has 4 rings (SSSR count). The zero-order valence-electron chi connectivity index (χ0n) is 15.5. The number of fused-ring (bicyclic) bond motifs is 1. The maximum atomic E-state index is 12.5. The van der Waals surface area contributed by atoms with Crippen molar-refractivity contribution in [3.63, 3.8) is 0 Å². The number of nitrogens with one attached hydrogen (secondary N) is 1. The van der Waals surface area contributed by atoms with E-state index in [-0.39, 0.29) is 5.56 Å². The summed E-state index contributed by atoms with van der Waals surface area (Å²) >= 11 is 0. The Morgan fingerprint density at radius 2 is 1.81 bits per heavy atom. The van der Waals surface area contributed by atoms with Gasteiger partial charge in [0, 0.05) is 25.2 Å². The second kappa shape index (κ2) is 7.21. The molecule has 0 saturated carbocycles. The van der Waals surface area contributed by atoms with Crippen molar-refractivity contribution in [3.05, 3.63) is 93.9 Å². The lowest BCUT2D eigenvalue weighted by atomic mass is 10.1. The number of rotatable bonds is 5. The highest BCUT2D eigenvalue weighted by Gasteiger charge is 2.10. The maximum Gasteiger partial charge on any atom is 0.272 e. The number of nitrogens with zero attached hydrogens (tertiary/aromatic N) is 3. The van der Waals surface area contributed by atoms with Gasteiger partial charge in [-0.25, -0.2) is 9.50 Å². The molecular formula is C22H22N4O. The fraction of sp³-hybridized carbons (Fsp3) is 0.182. The van der Waals surface area contributed by atoms with Crippen LogP contribution in [0.3, 0.4) is 0 Å². The summed E-state index contributed by atoms with van der Waals surface area (Å²) in [7, 11) is 2.03. The summed E-state index contributed by atoms with van der Waals surface area (Å²) < 4.78 is 1.50. The van der Waals surface area contributed by atoms with Crippen LogP contribution in [-0.4, -0.2) is 26.5 Å². The first kappa shape index (κ1) is 17.2. The largest absolute Gasteiger partial charge is 0.296 e. The third kappa shape index (κ3) is 3.83. The van der Waals surface area contributed by atoms with E-state index < -0.39 is 0 Å². The van der Waals surface area contributed by atoms with Gasteiger partial charge in [0.15, 0.2) is 5.65 Å². The normalized spacial score (nSPS) is 11.4. The summed E-state index contributed by atoms with van der Waals surface area (Å²) in [5.74, 6) is 0. The molecule has 5 heteroatoms. The molecule has 0 saturated heterocycles. The van der Waals surface area contributed by atoms with Crippen molar-refractivity contribution in [1.29, 1.82) is 0 Å². The first-order chi connectivity index (χ1) is 13.1. The molecule has 0 aliphatic carbocycles. The number of aromatic amines is 1. The van der Waals surface area contributed by atoms with Gasteiger partial charge >= 0.3 is 0 Å². The Bertz CT molecular complexity index is 1130. The summed E-state index contributed by atoms with van der Waals surface area (Å²) in [5, 5.41) is 3.16. The van der Waals surface area contributed by atoms with Crippen molar-refractivity contribution >= 4 is 5.65 Å². The van der Waals surface area contributed by atoms with Crippen LogP contribution in [0.15, 0.2) is 71.5 Å². The minimum atomic E-state index is -0.0954. The third-order valence-electron chi connectivity index (χ3n) is 4.56. The molecule has 136 valence electrons. The fourth-order valence-corrected chi connectivity index (χ4v) is 3.31. The zero-order valence-corrected chi connectivity index (χ0v) is 15.5. The Kier molecular flexibility index (Phi) is 4.60. The number of aromatic nitrogens is 3. The minimum Gasteiger partial charge on any atom is -0.296 e. The van der Waals surface area contributed by atoms with Crippen LogP contribution >= 0.6 is 0 Å². The van der Waals surface area contributed by atoms with E-state index >= 15 is 0 Å². The molecule has 0 fully saturated rings. The van der Waals surface area contributed by atoms with Crippen LogP contribution in [-0.2, 0) is 13.1 Å². The van der Waals surface area contributed by atoms with Gasteiger partial charge in [0.25, 0.3) is 5.56 Å². The van der Waals surface area contributed by atoms with Crippen molar-refractivity contribution in [3.8, 4) is 11.3 Å². The van der Waals surface area contributed by atoms with Crippen LogP contribution in [0, 0.1) is 6.92 Å². The van der Waals surface area contributed by atoms with E-state index in [2.05, 4.69) is 46.2 Å². The van der Waals surface area contributed by atoms with Gasteiger partial charge in [0.2, 0.25) is 0 Å². The lowest BCUT2D eigenvalue weighted by molar-refractivity contribution is 0.315. The summed E-state index contributed by atoms with van der Waals surface area (Å²) in [6.45, 7) is 3.48. The Balaban J connectivity index is 1.60. The van der Waals surface area contributed by atoms with Gasteiger partial charge in [-0.3, -0.25) is 14.8 Å². The predicted octanol–water partition coefficient (Wildman–Crippen LogP) is 3.63. The summed E-state index contributed by atoms with van der Waals surface area (Å²) in [5.41, 5.74) is 5.66. The highest BCUT2D eigenvalue weighted by molar-refractivity contribution is 5.64. The quantitative estimate of drug-likeness (QED) is 0.593. The van der Waals surface area contributed by atoms with E-state index in [0.29, 0.717) is 12.2 Å². The number of aryl methyl sites for hydroxylation is 1. The summed E-state index contributed by atoms with van der Waals surface area (Å²) in [6, 6.07) is 22.0. The van der Waals surface area contributed by atoms with Gasteiger partial charge in [-0.1, -0.05) is 54.1 Å². The molecule has 0 atom stereocenters. The van der Waals surface area contributed by atoms with E-state index in [0.717, 1.165) is 23.5 Å². The second-order valence-electron chi connectivity index (χ2n) is 6.98. The highest BCUT2D eigenvalue weighted by atomic mass is 16.1. The standard InChI is InChI=1S/C22H22N4O/c1-16-7-6-10-18(11-16)20-13-21-23-19(12-22(27)26(21)24-20)15-25(2)14-17-8-4-3-5-9-17/h3-13,24H,14-15H2,1-2H3. The Labute approximate surface area is 157 Å². The molecule has 0 aliphatic rings. The Morgan fingerprint density at radius 1 is 1.00 bits per heavy atom. The van der Waals surface area contributed by atoms with E-state index in [9.17, 15) is 4.79 Å². The van der Waals surface area contributed by atoms with Crippen molar-refractivity contribution in [2.24, 2.45) is 0 Å². The van der Waals surface area contributed by atoms with E-state index in [4.69, 9.17) is 0 Å². The van der Waals surface area contributed by atoms with E-state index in [1.807, 2.05) is 43.4 Å². The summed E-state index contributed by atoms with van der Waals surface area (Å²) in [4.78, 5) is 19.4. The molecule has 2 heterocycles. The number of H-pyrrole nitrogens is 1. The van der Waals surface area contributed by atoms with Crippen LogP contribution in [0.25, 0.3) is 16.9 Å². The maximum absolute atomic E-state index is 12.5. The molecule has 0 bridgehead atoms. The van der Waals surface area contributed by atoms with Gasteiger partial charge in [0.05, 0.1) is 11.4 Å². The van der Waals surface area contributed by atoms with E-state index in [1.54, 1.807) is 6.07 Å². The van der Waals surface area contributed by atoms with Crippen LogP contribution in [0.2, 0.25) is 0 Å². The van der Waals surface area contributed by atoms with E-state index in [1.165, 1.54) is 15.6 Å². The molecule has 2 aromatic heterocycles. The van der Waals surface area contributed by atoms with Gasteiger partial charge in [0.1, 0.15) is 0 Å². The lowest BCUT2D eigenvalue weighted by Crippen LogP contribution is -2.21. The zero-order chi connectivity index (χ0) is 18.8. The number of hydrogen-bond donors (Lipinski definition) is 1. The third-order valence-corrected chi connectivity index (χ3v) is 4.56. The van der Waals surface area contributed by atoms with Crippen LogP contribution in [0.5, 0.6) is 0 Å². The molecule has 4 aromatic rings. The average Bonchev–Trinajstić information content (AvgIpc) is 3.07. The molecule has 0 aliphatic heterocycles. The van der Waals surface area contributed by atoms with Crippen molar-refractivity contribution in [1.82, 2.24) is 19.5 Å². The SMILES string of the molecule is Cc1cccc(-c2cc3nc(CN(C)Cc4ccccc4)cc(=O)n3[nH]2)c1. The van der Waals surface area contributed by atoms with Gasteiger partial charge in [-0.05, 0) is 31.2 Å². The summed E-state index contributed by atoms with van der Waals surface area (Å²) in [6.07, 6.45) is 0. The monoisotopic (exact) mass is 358 g/mol. The lowest BCUT2D eigenvalue weighted by Gasteiger charge is -2.16. The van der Waals surface area contributed by atoms with Crippen molar-refractivity contribution < 1.29 is 0 Å². The van der Waals surface area contributed by atoms with Gasteiger partial charge in [-0.15, -0.1) is 0 Å². The highest BCUT2D eigenvalue weighted by Crippen LogP contribution is 2.19. The fourth-order valence-electron chi connectivity index (χ4n) is 3.31. The molecule has 27 heavy (non-hydrogen) atoms. The number of hydrogen-bond acceptors (Lipinski definition) is 3. The predicted molar refractivity (Wildman–Crippen MR) is 108 cm³/mol. The first-order valence-corrected chi connectivity index (χ1v) is 9.00. The Morgan fingerprint density at radius 3 is 2.59 bits per heavy atom. The molecule has 0 unspecified atom stereocenters. The number of benzene rings is 2. The smallest absolute Gasteiger partial charge is 0.272 e. The van der Waals surface area contributed by atoms with Crippen molar-refractivity contribution in [2.45, 2.75) is 20.0 Å². The minimum absolute atomic E-state index is 0.0954. The van der Waals surface area contributed by atoms with Gasteiger partial charge in [-0.2, -0.15) is 0 Å². The van der Waals surface area contributed by atoms with Crippen LogP contribution in [0.4, 0.5) is 0 Å². The molecule has 0 amide bonds. The Hall–Kier alpha value is -3.18. The molecule has 1 N–H and O–H groups in total. The molecule has 2 aromatic carbocycles. The van der Waals surface area contributed by atoms with Gasteiger partial charge < -0.3 is 0 Å². The second-order valence-corrected chi connectivity index (χ2v) is 6.98. The molecule has 0 radical (unpaired) electrons. The van der Waals surface area contributed by atoms with Crippen LogP contribution in [0.1, 0.15) is 16.8 Å². The molecule has 0 spiro atoms. The van der Waals surface area contributed by atoms with Crippen LogP contribution < -0.4 is 5.56 Å². The first-order valence-electron chi connectivity index (χ1n) is 9.00. The average molecular weight is 358 g/mol. The molecule has 5 nitrogen and oxygen atoms in total. The topological polar surface area (TPSA) is 53.4 Å². The molecular weight excluding hydrogens is 336 g/mol.